The summed E-state index contributed by atoms with van der Waals surface area (Å²) in [5, 5.41) is 3.08. The molecule has 3 N–H and O–H groups in total. The predicted molar refractivity (Wildman–Crippen MR) is 109 cm³/mol. The van der Waals surface area contributed by atoms with Crippen LogP contribution in [0.2, 0.25) is 0 Å². The third-order valence-electron chi connectivity index (χ3n) is 4.86. The van der Waals surface area contributed by atoms with Crippen LogP contribution in [-0.4, -0.2) is 31.4 Å². The summed E-state index contributed by atoms with van der Waals surface area (Å²) in [5.74, 6) is 0.135. The second-order valence-corrected chi connectivity index (χ2v) is 7.28. The molecule has 1 amide bonds. The van der Waals surface area contributed by atoms with Gasteiger partial charge < -0.3 is 16.0 Å². The molecule has 1 aliphatic carbocycles. The highest BCUT2D eigenvalue weighted by molar-refractivity contribution is 5.85. The molecular formula is C19H33Cl2N3O. The fourth-order valence-electron chi connectivity index (χ4n) is 3.56. The van der Waals surface area contributed by atoms with E-state index in [2.05, 4.69) is 48.6 Å². The number of carbonyl (C=O) groups excluding carboxylic acids is 1. The highest BCUT2D eigenvalue weighted by atomic mass is 35.5. The van der Waals surface area contributed by atoms with Crippen LogP contribution >= 0.6 is 24.8 Å². The van der Waals surface area contributed by atoms with Crippen molar-refractivity contribution < 1.29 is 4.79 Å². The van der Waals surface area contributed by atoms with Crippen LogP contribution in [0.3, 0.4) is 0 Å². The molecule has 0 saturated heterocycles. The van der Waals surface area contributed by atoms with Crippen molar-refractivity contribution >= 4 is 30.7 Å². The summed E-state index contributed by atoms with van der Waals surface area (Å²) in [4.78, 5) is 14.5. The molecule has 0 unspecified atom stereocenters. The second-order valence-electron chi connectivity index (χ2n) is 7.28. The standard InChI is InChI=1S/C19H31N3O.2ClH/c1-22(2)14-17-8-6-7-16(11-17)13-21-18(23)12-19(15-20)9-4-3-5-10-19;;/h6-8,11H,3-5,9-10,12-15,20H2,1-2H3,(H,21,23);2*1H. The van der Waals surface area contributed by atoms with Gasteiger partial charge >= 0.3 is 0 Å². The monoisotopic (exact) mass is 389 g/mol. The Morgan fingerprint density at radius 1 is 1.16 bits per heavy atom. The molecule has 4 nitrogen and oxygen atoms in total. The van der Waals surface area contributed by atoms with Gasteiger partial charge in [-0.3, -0.25) is 4.79 Å². The van der Waals surface area contributed by atoms with Gasteiger partial charge in [0.2, 0.25) is 5.91 Å². The molecule has 0 heterocycles. The maximum Gasteiger partial charge on any atom is 0.220 e. The first-order valence-electron chi connectivity index (χ1n) is 8.72. The number of halogens is 2. The number of rotatable bonds is 7. The summed E-state index contributed by atoms with van der Waals surface area (Å²) < 4.78 is 0. The van der Waals surface area contributed by atoms with E-state index in [0.29, 0.717) is 19.5 Å². The van der Waals surface area contributed by atoms with E-state index in [9.17, 15) is 4.79 Å². The molecule has 0 aliphatic heterocycles. The van der Waals surface area contributed by atoms with E-state index in [1.165, 1.54) is 24.8 Å². The van der Waals surface area contributed by atoms with Crippen molar-refractivity contribution in [2.45, 2.75) is 51.6 Å². The molecule has 0 bridgehead atoms. The largest absolute Gasteiger partial charge is 0.352 e. The number of benzene rings is 1. The molecule has 0 radical (unpaired) electrons. The van der Waals surface area contributed by atoms with Crippen molar-refractivity contribution in [3.05, 3.63) is 35.4 Å². The number of nitrogens with one attached hydrogen (secondary N) is 1. The number of carbonyl (C=O) groups is 1. The van der Waals surface area contributed by atoms with Crippen LogP contribution in [0.5, 0.6) is 0 Å². The lowest BCUT2D eigenvalue weighted by Crippen LogP contribution is -2.38. The summed E-state index contributed by atoms with van der Waals surface area (Å²) in [6, 6.07) is 8.41. The highest BCUT2D eigenvalue weighted by Crippen LogP contribution is 2.38. The molecule has 1 saturated carbocycles. The highest BCUT2D eigenvalue weighted by Gasteiger charge is 2.32. The Morgan fingerprint density at radius 3 is 2.40 bits per heavy atom. The van der Waals surface area contributed by atoms with E-state index >= 15 is 0 Å². The van der Waals surface area contributed by atoms with Crippen LogP contribution in [-0.2, 0) is 17.9 Å². The predicted octanol–water partition coefficient (Wildman–Crippen LogP) is 3.51. The lowest BCUT2D eigenvalue weighted by molar-refractivity contribution is -0.124. The van der Waals surface area contributed by atoms with Crippen molar-refractivity contribution in [3.8, 4) is 0 Å². The average Bonchev–Trinajstić information content (AvgIpc) is 2.53. The summed E-state index contributed by atoms with van der Waals surface area (Å²) in [7, 11) is 4.12. The first-order valence-corrected chi connectivity index (χ1v) is 8.72. The quantitative estimate of drug-likeness (QED) is 0.749. The smallest absolute Gasteiger partial charge is 0.220 e. The van der Waals surface area contributed by atoms with E-state index in [1.807, 2.05) is 0 Å². The molecule has 1 aromatic rings. The lowest BCUT2D eigenvalue weighted by Gasteiger charge is -2.35. The zero-order valence-electron chi connectivity index (χ0n) is 15.4. The summed E-state index contributed by atoms with van der Waals surface area (Å²) in [6.45, 7) is 2.14. The third-order valence-corrected chi connectivity index (χ3v) is 4.86. The molecule has 144 valence electrons. The van der Waals surface area contributed by atoms with Crippen molar-refractivity contribution in [2.75, 3.05) is 20.6 Å². The minimum atomic E-state index is 0. The van der Waals surface area contributed by atoms with Crippen molar-refractivity contribution in [3.63, 3.8) is 0 Å². The fourth-order valence-corrected chi connectivity index (χ4v) is 3.56. The van der Waals surface area contributed by atoms with Gasteiger partial charge in [-0.25, -0.2) is 0 Å². The van der Waals surface area contributed by atoms with Crippen molar-refractivity contribution in [1.82, 2.24) is 10.2 Å². The first-order chi connectivity index (χ1) is 11.0. The molecule has 1 aliphatic rings. The summed E-state index contributed by atoms with van der Waals surface area (Å²) in [5.41, 5.74) is 8.44. The Hall–Kier alpha value is -0.810. The summed E-state index contributed by atoms with van der Waals surface area (Å²) >= 11 is 0. The van der Waals surface area contributed by atoms with Gasteiger partial charge in [0.1, 0.15) is 0 Å². The molecule has 0 aromatic heterocycles. The Morgan fingerprint density at radius 2 is 1.80 bits per heavy atom. The number of hydrogen-bond acceptors (Lipinski definition) is 3. The lowest BCUT2D eigenvalue weighted by atomic mass is 9.71. The normalized spacial score (nSPS) is 15.8. The minimum absolute atomic E-state index is 0. The van der Waals surface area contributed by atoms with Gasteiger partial charge in [-0.1, -0.05) is 43.5 Å². The van der Waals surface area contributed by atoms with Gasteiger partial charge in [0.25, 0.3) is 0 Å². The second kappa shape index (κ2) is 11.7. The van der Waals surface area contributed by atoms with Crippen LogP contribution in [0.25, 0.3) is 0 Å². The molecule has 2 rings (SSSR count). The fraction of sp³-hybridized carbons (Fsp3) is 0.632. The molecule has 1 aromatic carbocycles. The number of nitrogens with two attached hydrogens (primary N) is 1. The first kappa shape index (κ1) is 24.2. The van der Waals surface area contributed by atoms with Crippen LogP contribution in [0.1, 0.15) is 49.7 Å². The zero-order valence-corrected chi connectivity index (χ0v) is 17.1. The Labute approximate surface area is 164 Å². The van der Waals surface area contributed by atoms with Gasteiger partial charge in [-0.2, -0.15) is 0 Å². The minimum Gasteiger partial charge on any atom is -0.352 e. The van der Waals surface area contributed by atoms with Crippen molar-refractivity contribution in [1.29, 1.82) is 0 Å². The Bertz CT molecular complexity index is 517. The van der Waals surface area contributed by atoms with E-state index in [4.69, 9.17) is 5.73 Å². The average molecular weight is 390 g/mol. The van der Waals surface area contributed by atoms with Gasteiger partial charge in [0.05, 0.1) is 0 Å². The molecule has 1 fully saturated rings. The molecule has 0 spiro atoms. The molecule has 25 heavy (non-hydrogen) atoms. The van der Waals surface area contributed by atoms with Crippen molar-refractivity contribution in [2.24, 2.45) is 11.1 Å². The molecule has 6 heteroatoms. The van der Waals surface area contributed by atoms with Gasteiger partial charge in [0, 0.05) is 19.5 Å². The topological polar surface area (TPSA) is 58.4 Å². The van der Waals surface area contributed by atoms with Crippen LogP contribution in [0.4, 0.5) is 0 Å². The Kier molecular flexibility index (Phi) is 11.4. The Balaban J connectivity index is 0.00000288. The van der Waals surface area contributed by atoms with Gasteiger partial charge in [-0.15, -0.1) is 24.8 Å². The van der Waals surface area contributed by atoms with Gasteiger partial charge in [-0.05, 0) is 50.0 Å². The van der Waals surface area contributed by atoms with E-state index < -0.39 is 0 Å². The third kappa shape index (κ3) is 7.95. The maximum absolute atomic E-state index is 12.3. The molecular weight excluding hydrogens is 357 g/mol. The molecule has 0 atom stereocenters. The van der Waals surface area contributed by atoms with E-state index in [-0.39, 0.29) is 36.1 Å². The van der Waals surface area contributed by atoms with Crippen LogP contribution < -0.4 is 11.1 Å². The number of nitrogens with zero attached hydrogens (tertiary/aromatic N) is 1. The van der Waals surface area contributed by atoms with E-state index in [1.54, 1.807) is 0 Å². The van der Waals surface area contributed by atoms with E-state index in [0.717, 1.165) is 24.9 Å². The SMILES string of the molecule is CN(C)Cc1cccc(CNC(=O)CC2(CN)CCCCC2)c1.Cl.Cl. The maximum atomic E-state index is 12.3. The van der Waals surface area contributed by atoms with Crippen LogP contribution in [0, 0.1) is 5.41 Å². The number of amides is 1. The van der Waals surface area contributed by atoms with Crippen LogP contribution in [0.15, 0.2) is 24.3 Å². The zero-order chi connectivity index (χ0) is 16.7. The number of hydrogen-bond donors (Lipinski definition) is 2. The van der Waals surface area contributed by atoms with Gasteiger partial charge in [0.15, 0.2) is 0 Å². The summed E-state index contributed by atoms with van der Waals surface area (Å²) in [6.07, 6.45) is 6.45.